The number of thiocarbonyl (C=S) groups is 1. The topological polar surface area (TPSA) is 48.5 Å². The van der Waals surface area contributed by atoms with Crippen LogP contribution < -0.4 is 16.1 Å². The molecule has 0 aliphatic heterocycles. The Bertz CT molecular complexity index is 691. The molecule has 130 valence electrons. The molecule has 25 heavy (non-hydrogen) atoms. The number of benzene rings is 2. The number of anilines is 2. The lowest BCUT2D eigenvalue weighted by atomic mass is 9.96. The number of hydrogen-bond acceptors (Lipinski definition) is 3. The van der Waals surface area contributed by atoms with Gasteiger partial charge < -0.3 is 10.6 Å². The molecule has 2 aromatic rings. The van der Waals surface area contributed by atoms with Crippen LogP contribution in [0.15, 0.2) is 59.7 Å². The quantitative estimate of drug-likeness (QED) is 0.419. The van der Waals surface area contributed by atoms with Crippen LogP contribution in [-0.2, 0) is 0 Å². The van der Waals surface area contributed by atoms with Crippen molar-refractivity contribution < 1.29 is 0 Å². The average molecular weight is 353 g/mol. The van der Waals surface area contributed by atoms with Crippen LogP contribution in [0.25, 0.3) is 0 Å². The van der Waals surface area contributed by atoms with Crippen LogP contribution in [0.1, 0.15) is 37.7 Å². The standard InChI is InChI=1S/C20H24N4S/c25-20(23-18-9-5-2-6-10-18)24-21-15-16-11-13-19(14-12-16)22-17-7-3-1-4-8-17/h1,3-4,7-8,11-15,18,22H,2,5-6,9-10H2,(H2,23,24,25)/b21-15-. The van der Waals surface area contributed by atoms with Crippen molar-refractivity contribution in [3.8, 4) is 0 Å². The third-order valence-electron chi connectivity index (χ3n) is 4.29. The van der Waals surface area contributed by atoms with Gasteiger partial charge in [0.1, 0.15) is 0 Å². The van der Waals surface area contributed by atoms with E-state index in [1.165, 1.54) is 32.1 Å². The lowest BCUT2D eigenvalue weighted by molar-refractivity contribution is 0.412. The molecule has 5 heteroatoms. The zero-order valence-corrected chi connectivity index (χ0v) is 15.1. The van der Waals surface area contributed by atoms with Crippen LogP contribution >= 0.6 is 12.2 Å². The minimum atomic E-state index is 0.493. The van der Waals surface area contributed by atoms with E-state index in [0.29, 0.717) is 11.2 Å². The molecular weight excluding hydrogens is 328 g/mol. The molecule has 0 amide bonds. The zero-order chi connectivity index (χ0) is 17.3. The lowest BCUT2D eigenvalue weighted by Gasteiger charge is -2.23. The van der Waals surface area contributed by atoms with Gasteiger partial charge in [-0.25, -0.2) is 0 Å². The van der Waals surface area contributed by atoms with Crippen molar-refractivity contribution in [2.24, 2.45) is 5.10 Å². The van der Waals surface area contributed by atoms with E-state index in [1.807, 2.05) is 54.6 Å². The van der Waals surface area contributed by atoms with E-state index in [-0.39, 0.29) is 0 Å². The molecule has 4 nitrogen and oxygen atoms in total. The largest absolute Gasteiger partial charge is 0.359 e. The zero-order valence-electron chi connectivity index (χ0n) is 14.2. The number of hydrogen-bond donors (Lipinski definition) is 3. The number of nitrogens with zero attached hydrogens (tertiary/aromatic N) is 1. The Morgan fingerprint density at radius 3 is 2.32 bits per heavy atom. The second-order valence-electron chi connectivity index (χ2n) is 6.29. The van der Waals surface area contributed by atoms with Crippen LogP contribution in [-0.4, -0.2) is 17.4 Å². The first kappa shape index (κ1) is 17.4. The molecule has 1 aliphatic carbocycles. The normalized spacial score (nSPS) is 15.0. The minimum absolute atomic E-state index is 0.493. The maximum Gasteiger partial charge on any atom is 0.187 e. The molecule has 3 N–H and O–H groups in total. The average Bonchev–Trinajstić information content (AvgIpc) is 2.65. The fraction of sp³-hybridized carbons (Fsp3) is 0.300. The van der Waals surface area contributed by atoms with Crippen molar-refractivity contribution in [3.05, 3.63) is 60.2 Å². The van der Waals surface area contributed by atoms with E-state index in [0.717, 1.165) is 16.9 Å². The highest BCUT2D eigenvalue weighted by atomic mass is 32.1. The van der Waals surface area contributed by atoms with Crippen LogP contribution in [0.5, 0.6) is 0 Å². The van der Waals surface area contributed by atoms with Gasteiger partial charge in [-0.1, -0.05) is 49.6 Å². The molecule has 2 aromatic carbocycles. The summed E-state index contributed by atoms with van der Waals surface area (Å²) in [6, 6.07) is 18.7. The van der Waals surface area contributed by atoms with E-state index in [1.54, 1.807) is 6.21 Å². The smallest absolute Gasteiger partial charge is 0.187 e. The number of rotatable bonds is 5. The Morgan fingerprint density at radius 2 is 1.60 bits per heavy atom. The Labute approximate surface area is 154 Å². The summed E-state index contributed by atoms with van der Waals surface area (Å²) in [5.41, 5.74) is 6.05. The summed E-state index contributed by atoms with van der Waals surface area (Å²) in [5.74, 6) is 0. The molecule has 0 radical (unpaired) electrons. The number of nitrogens with one attached hydrogen (secondary N) is 3. The molecule has 0 heterocycles. The highest BCUT2D eigenvalue weighted by Gasteiger charge is 2.13. The van der Waals surface area contributed by atoms with Gasteiger partial charge in [0.25, 0.3) is 0 Å². The summed E-state index contributed by atoms with van der Waals surface area (Å²) in [5, 5.41) is 11.5. The molecule has 0 bridgehead atoms. The summed E-state index contributed by atoms with van der Waals surface area (Å²) >= 11 is 5.30. The second-order valence-corrected chi connectivity index (χ2v) is 6.70. The molecule has 0 atom stereocenters. The predicted molar refractivity (Wildman–Crippen MR) is 110 cm³/mol. The Kier molecular flexibility index (Phi) is 6.40. The summed E-state index contributed by atoms with van der Waals surface area (Å²) in [6.45, 7) is 0. The van der Waals surface area contributed by atoms with E-state index in [9.17, 15) is 0 Å². The maximum absolute atomic E-state index is 5.30. The summed E-state index contributed by atoms with van der Waals surface area (Å²) in [6.07, 6.45) is 8.08. The number of para-hydroxylation sites is 1. The summed E-state index contributed by atoms with van der Waals surface area (Å²) in [7, 11) is 0. The molecule has 1 aliphatic rings. The highest BCUT2D eigenvalue weighted by Crippen LogP contribution is 2.17. The Balaban J connectivity index is 1.45. The molecule has 1 saturated carbocycles. The molecule has 0 saturated heterocycles. The van der Waals surface area contributed by atoms with E-state index >= 15 is 0 Å². The van der Waals surface area contributed by atoms with Gasteiger partial charge in [0.2, 0.25) is 0 Å². The maximum atomic E-state index is 5.30. The first-order valence-corrected chi connectivity index (χ1v) is 9.22. The third-order valence-corrected chi connectivity index (χ3v) is 4.50. The predicted octanol–water partition coefficient (Wildman–Crippen LogP) is 4.56. The van der Waals surface area contributed by atoms with Gasteiger partial charge in [-0.2, -0.15) is 5.10 Å². The lowest BCUT2D eigenvalue weighted by Crippen LogP contribution is -2.40. The van der Waals surface area contributed by atoms with Crippen molar-refractivity contribution in [2.75, 3.05) is 5.32 Å². The van der Waals surface area contributed by atoms with Crippen LogP contribution in [0.2, 0.25) is 0 Å². The molecule has 0 spiro atoms. The first-order valence-electron chi connectivity index (χ1n) is 8.81. The number of hydrazone groups is 1. The van der Waals surface area contributed by atoms with Crippen molar-refractivity contribution in [3.63, 3.8) is 0 Å². The van der Waals surface area contributed by atoms with Crippen LogP contribution in [0, 0.1) is 0 Å². The van der Waals surface area contributed by atoms with E-state index in [2.05, 4.69) is 21.2 Å². The van der Waals surface area contributed by atoms with Crippen molar-refractivity contribution in [1.29, 1.82) is 0 Å². The first-order chi connectivity index (χ1) is 12.3. The minimum Gasteiger partial charge on any atom is -0.359 e. The Hall–Kier alpha value is -2.40. The van der Waals surface area contributed by atoms with Crippen LogP contribution in [0.3, 0.4) is 0 Å². The van der Waals surface area contributed by atoms with Gasteiger partial charge in [-0.15, -0.1) is 0 Å². The SMILES string of the molecule is S=C(N/N=C\c1ccc(Nc2ccccc2)cc1)NC1CCCCC1. The molecule has 3 rings (SSSR count). The fourth-order valence-corrected chi connectivity index (χ4v) is 3.19. The molecule has 0 unspecified atom stereocenters. The van der Waals surface area contributed by atoms with Gasteiger partial charge in [0.05, 0.1) is 6.21 Å². The van der Waals surface area contributed by atoms with Gasteiger partial charge >= 0.3 is 0 Å². The van der Waals surface area contributed by atoms with Gasteiger partial charge in [0, 0.05) is 17.4 Å². The summed E-state index contributed by atoms with van der Waals surface area (Å²) in [4.78, 5) is 0. The Morgan fingerprint density at radius 1 is 0.920 bits per heavy atom. The van der Waals surface area contributed by atoms with Crippen molar-refractivity contribution in [2.45, 2.75) is 38.1 Å². The van der Waals surface area contributed by atoms with E-state index < -0.39 is 0 Å². The fourth-order valence-electron chi connectivity index (χ4n) is 2.97. The van der Waals surface area contributed by atoms with Gasteiger partial charge in [0.15, 0.2) is 5.11 Å². The second kappa shape index (κ2) is 9.18. The van der Waals surface area contributed by atoms with Gasteiger partial charge in [-0.05, 0) is 54.9 Å². The monoisotopic (exact) mass is 352 g/mol. The van der Waals surface area contributed by atoms with Crippen LogP contribution in [0.4, 0.5) is 11.4 Å². The van der Waals surface area contributed by atoms with Crippen molar-refractivity contribution in [1.82, 2.24) is 10.7 Å². The molecule has 1 fully saturated rings. The molecular formula is C20H24N4S. The molecule has 0 aromatic heterocycles. The third kappa shape index (κ3) is 5.87. The summed E-state index contributed by atoms with van der Waals surface area (Å²) < 4.78 is 0. The van der Waals surface area contributed by atoms with Crippen molar-refractivity contribution >= 4 is 34.9 Å². The highest BCUT2D eigenvalue weighted by molar-refractivity contribution is 7.80. The van der Waals surface area contributed by atoms with Gasteiger partial charge in [-0.3, -0.25) is 5.43 Å². The van der Waals surface area contributed by atoms with E-state index in [4.69, 9.17) is 12.2 Å².